The minimum absolute atomic E-state index is 0.154. The maximum atomic E-state index is 9.91. The molecule has 0 bridgehead atoms. The molecule has 0 saturated carbocycles. The van der Waals surface area contributed by atoms with Crippen LogP contribution in [0.5, 0.6) is 0 Å². The highest BCUT2D eigenvalue weighted by molar-refractivity contribution is 5.97. The summed E-state index contributed by atoms with van der Waals surface area (Å²) in [6.07, 6.45) is 4.94. The molecular weight excluding hydrogens is 398 g/mol. The monoisotopic (exact) mass is 427 g/mol. The van der Waals surface area contributed by atoms with E-state index in [4.69, 9.17) is 10.4 Å². The van der Waals surface area contributed by atoms with E-state index in [9.17, 15) is 5.26 Å². The average molecular weight is 428 g/mol. The Morgan fingerprint density at radius 3 is 2.53 bits per heavy atom. The molecule has 32 heavy (non-hydrogen) atoms. The van der Waals surface area contributed by atoms with Gasteiger partial charge in [-0.3, -0.25) is 10.4 Å². The van der Waals surface area contributed by atoms with Crippen LogP contribution in [0.3, 0.4) is 0 Å². The Morgan fingerprint density at radius 2 is 1.81 bits per heavy atom. The van der Waals surface area contributed by atoms with Crippen LogP contribution in [0.1, 0.15) is 25.8 Å². The number of para-hydroxylation sites is 3. The lowest BCUT2D eigenvalue weighted by Gasteiger charge is -2.36. The van der Waals surface area contributed by atoms with Gasteiger partial charge in [-0.1, -0.05) is 44.2 Å². The number of fused-ring (bicyclic) bond motifs is 1. The summed E-state index contributed by atoms with van der Waals surface area (Å²) in [6.45, 7) is 8.51. The molecule has 3 aromatic rings. The fraction of sp³-hybridized carbons (Fsp3) is 0.360. The molecule has 0 aliphatic carbocycles. The Labute approximate surface area is 189 Å². The Balaban J connectivity index is 1.60. The summed E-state index contributed by atoms with van der Waals surface area (Å²) in [5.41, 5.74) is 3.50. The first-order valence-corrected chi connectivity index (χ1v) is 11.1. The maximum Gasteiger partial charge on any atom is 0.212 e. The molecule has 164 valence electrons. The van der Waals surface area contributed by atoms with Crippen LogP contribution >= 0.6 is 0 Å². The van der Waals surface area contributed by atoms with E-state index < -0.39 is 0 Å². The zero-order valence-electron chi connectivity index (χ0n) is 18.9. The Morgan fingerprint density at radius 1 is 1.09 bits per heavy atom. The molecule has 0 radical (unpaired) electrons. The van der Waals surface area contributed by atoms with Gasteiger partial charge in [-0.15, -0.1) is 0 Å². The average Bonchev–Trinajstić information content (AvgIpc) is 3.04. The van der Waals surface area contributed by atoms with E-state index in [1.807, 2.05) is 61.7 Å². The van der Waals surface area contributed by atoms with E-state index in [2.05, 4.69) is 34.8 Å². The van der Waals surface area contributed by atoms with Crippen molar-refractivity contribution in [1.29, 1.82) is 10.7 Å². The Hall–Kier alpha value is -3.66. The molecular formula is C25H29N7. The number of rotatable bonds is 3. The molecule has 1 aromatic heterocycles. The van der Waals surface area contributed by atoms with Gasteiger partial charge in [-0.25, -0.2) is 9.88 Å². The molecule has 1 saturated heterocycles. The highest BCUT2D eigenvalue weighted by Gasteiger charge is 2.32. The normalized spacial score (nSPS) is 16.7. The fourth-order valence-corrected chi connectivity index (χ4v) is 4.39. The van der Waals surface area contributed by atoms with Crippen LogP contribution in [0.15, 0.2) is 54.7 Å². The molecule has 1 atom stereocenters. The first-order valence-electron chi connectivity index (χ1n) is 11.1. The molecule has 0 spiro atoms. The van der Waals surface area contributed by atoms with Crippen molar-refractivity contribution in [3.8, 4) is 6.19 Å². The molecule has 7 heteroatoms. The molecule has 1 fully saturated rings. The van der Waals surface area contributed by atoms with Crippen LogP contribution in [0, 0.1) is 29.7 Å². The molecule has 7 nitrogen and oxygen atoms in total. The summed E-state index contributed by atoms with van der Waals surface area (Å²) in [5.74, 6) is 1.43. The molecule has 1 aliphatic rings. The number of nitrogens with zero attached hydrogens (tertiary/aromatic N) is 6. The summed E-state index contributed by atoms with van der Waals surface area (Å²) in [6, 6.07) is 15.8. The largest absolute Gasteiger partial charge is 0.353 e. The molecule has 2 heterocycles. The summed E-state index contributed by atoms with van der Waals surface area (Å²) in [7, 11) is 0. The Bertz CT molecular complexity index is 1150. The standard InChI is InChI=1S/C25H29N7/c1-18(2)22-12-13-30(24-16-28-20-9-5-6-10-21(20)29-24)14-15-31(22)25(27)32(17-26)23-11-7-4-8-19(23)3/h4-11,16,18,22,27H,12-15H2,1-3H3. The zero-order valence-corrected chi connectivity index (χ0v) is 18.9. The van der Waals surface area contributed by atoms with Gasteiger partial charge in [0.2, 0.25) is 5.96 Å². The first-order chi connectivity index (χ1) is 15.5. The molecule has 0 amide bonds. The minimum Gasteiger partial charge on any atom is -0.353 e. The van der Waals surface area contributed by atoms with Gasteiger partial charge in [-0.05, 0) is 43.0 Å². The van der Waals surface area contributed by atoms with Gasteiger partial charge < -0.3 is 9.80 Å². The van der Waals surface area contributed by atoms with E-state index in [1.54, 1.807) is 0 Å². The van der Waals surface area contributed by atoms with Gasteiger partial charge in [0.05, 0.1) is 22.9 Å². The van der Waals surface area contributed by atoms with Crippen LogP contribution in [-0.4, -0.2) is 46.5 Å². The number of guanidine groups is 1. The van der Waals surface area contributed by atoms with Crippen LogP contribution in [0.2, 0.25) is 0 Å². The second-order valence-corrected chi connectivity index (χ2v) is 8.54. The van der Waals surface area contributed by atoms with Crippen molar-refractivity contribution in [3.05, 3.63) is 60.3 Å². The maximum absolute atomic E-state index is 9.91. The second-order valence-electron chi connectivity index (χ2n) is 8.54. The number of anilines is 2. The van der Waals surface area contributed by atoms with E-state index in [0.717, 1.165) is 41.1 Å². The summed E-state index contributed by atoms with van der Waals surface area (Å²) in [5, 5.41) is 18.9. The van der Waals surface area contributed by atoms with Crippen molar-refractivity contribution in [1.82, 2.24) is 14.9 Å². The van der Waals surface area contributed by atoms with Gasteiger partial charge in [0.1, 0.15) is 5.82 Å². The van der Waals surface area contributed by atoms with Crippen molar-refractivity contribution in [3.63, 3.8) is 0 Å². The number of aryl methyl sites for hydroxylation is 1. The zero-order chi connectivity index (χ0) is 22.7. The third-order valence-electron chi connectivity index (χ3n) is 6.18. The summed E-state index contributed by atoms with van der Waals surface area (Å²) < 4.78 is 0. The molecule has 1 aliphatic heterocycles. The lowest BCUT2D eigenvalue weighted by atomic mass is 9.99. The van der Waals surface area contributed by atoms with E-state index in [1.165, 1.54) is 4.90 Å². The fourth-order valence-electron chi connectivity index (χ4n) is 4.39. The SMILES string of the molecule is Cc1ccccc1N(C#N)C(=N)N1CCN(c2cnc3ccccc3n2)CCC1C(C)C. The number of aromatic nitrogens is 2. The second kappa shape index (κ2) is 9.23. The predicted molar refractivity (Wildman–Crippen MR) is 129 cm³/mol. The number of hydrogen-bond donors (Lipinski definition) is 1. The topological polar surface area (TPSA) is 83.1 Å². The number of benzene rings is 2. The van der Waals surface area contributed by atoms with Crippen LogP contribution in [-0.2, 0) is 0 Å². The van der Waals surface area contributed by atoms with E-state index in [-0.39, 0.29) is 12.0 Å². The molecule has 4 rings (SSSR count). The van der Waals surface area contributed by atoms with Crippen molar-refractivity contribution >= 4 is 28.5 Å². The van der Waals surface area contributed by atoms with Crippen molar-refractivity contribution in [2.45, 2.75) is 33.2 Å². The van der Waals surface area contributed by atoms with Gasteiger partial charge in [-0.2, -0.15) is 5.26 Å². The van der Waals surface area contributed by atoms with E-state index in [0.29, 0.717) is 19.0 Å². The van der Waals surface area contributed by atoms with Gasteiger partial charge in [0.25, 0.3) is 0 Å². The highest BCUT2D eigenvalue weighted by atomic mass is 15.4. The predicted octanol–water partition coefficient (Wildman–Crippen LogP) is 4.40. The van der Waals surface area contributed by atoms with Crippen LogP contribution in [0.4, 0.5) is 11.5 Å². The number of nitrogens with one attached hydrogen (secondary N) is 1. The third-order valence-corrected chi connectivity index (χ3v) is 6.18. The van der Waals surface area contributed by atoms with Crippen molar-refractivity contribution in [2.75, 3.05) is 29.4 Å². The number of hydrogen-bond acceptors (Lipinski definition) is 5. The lowest BCUT2D eigenvalue weighted by molar-refractivity contribution is 0.252. The first kappa shape index (κ1) is 21.6. The molecule has 1 unspecified atom stereocenters. The minimum atomic E-state index is 0.154. The Kier molecular flexibility index (Phi) is 6.22. The van der Waals surface area contributed by atoms with Gasteiger partial charge >= 0.3 is 0 Å². The number of nitriles is 1. The lowest BCUT2D eigenvalue weighted by Crippen LogP contribution is -2.50. The van der Waals surface area contributed by atoms with Crippen molar-refractivity contribution < 1.29 is 0 Å². The van der Waals surface area contributed by atoms with Crippen LogP contribution < -0.4 is 9.80 Å². The summed E-state index contributed by atoms with van der Waals surface area (Å²) >= 11 is 0. The highest BCUT2D eigenvalue weighted by Crippen LogP contribution is 2.26. The summed E-state index contributed by atoms with van der Waals surface area (Å²) in [4.78, 5) is 15.2. The molecule has 1 N–H and O–H groups in total. The van der Waals surface area contributed by atoms with Gasteiger partial charge in [0, 0.05) is 25.7 Å². The van der Waals surface area contributed by atoms with Gasteiger partial charge in [0.15, 0.2) is 6.19 Å². The molecule has 2 aromatic carbocycles. The quantitative estimate of drug-likeness (QED) is 0.289. The van der Waals surface area contributed by atoms with Crippen LogP contribution in [0.25, 0.3) is 11.0 Å². The van der Waals surface area contributed by atoms with Crippen molar-refractivity contribution in [2.24, 2.45) is 5.92 Å². The van der Waals surface area contributed by atoms with E-state index >= 15 is 0 Å². The smallest absolute Gasteiger partial charge is 0.212 e. The third kappa shape index (κ3) is 4.22.